The lowest BCUT2D eigenvalue weighted by Gasteiger charge is -2.02. The van der Waals surface area contributed by atoms with Crippen molar-refractivity contribution in [1.82, 2.24) is 14.5 Å². The molecule has 6 heteroatoms. The smallest absolute Gasteiger partial charge is 0.174 e. The summed E-state index contributed by atoms with van der Waals surface area (Å²) in [6.07, 6.45) is 3.57. The molecule has 0 bridgehead atoms. The first-order valence-electron chi connectivity index (χ1n) is 4.52. The standard InChI is InChI=1S/C10H9N5S/c1-15-5-4-13-10(15)16-9-3-2-7(12)8(6-11)14-9/h2-5H,12H2,1H3. The maximum absolute atomic E-state index is 8.80. The van der Waals surface area contributed by atoms with E-state index in [1.807, 2.05) is 23.9 Å². The summed E-state index contributed by atoms with van der Waals surface area (Å²) >= 11 is 1.39. The third-order valence-electron chi connectivity index (χ3n) is 1.98. The lowest BCUT2D eigenvalue weighted by atomic mass is 10.3. The summed E-state index contributed by atoms with van der Waals surface area (Å²) < 4.78 is 1.88. The highest BCUT2D eigenvalue weighted by Crippen LogP contribution is 2.25. The molecule has 80 valence electrons. The number of pyridine rings is 1. The van der Waals surface area contributed by atoms with E-state index in [1.54, 1.807) is 18.3 Å². The Labute approximate surface area is 96.9 Å². The fourth-order valence-electron chi connectivity index (χ4n) is 1.14. The Hall–Kier alpha value is -2.00. The number of anilines is 1. The number of nitrogens with zero attached hydrogens (tertiary/aromatic N) is 4. The SMILES string of the molecule is Cn1ccnc1Sc1ccc(N)c(C#N)n1. The highest BCUT2D eigenvalue weighted by atomic mass is 32.2. The van der Waals surface area contributed by atoms with Crippen molar-refractivity contribution in [2.24, 2.45) is 7.05 Å². The number of aryl methyl sites for hydroxylation is 1. The number of aromatic nitrogens is 3. The van der Waals surface area contributed by atoms with Gasteiger partial charge in [0, 0.05) is 19.4 Å². The summed E-state index contributed by atoms with van der Waals surface area (Å²) in [5, 5.41) is 10.3. The van der Waals surface area contributed by atoms with Crippen LogP contribution in [0.15, 0.2) is 34.7 Å². The van der Waals surface area contributed by atoms with E-state index in [0.29, 0.717) is 10.7 Å². The van der Waals surface area contributed by atoms with E-state index in [0.717, 1.165) is 5.16 Å². The highest BCUT2D eigenvalue weighted by Gasteiger charge is 2.06. The van der Waals surface area contributed by atoms with Crippen molar-refractivity contribution >= 4 is 17.4 Å². The summed E-state index contributed by atoms with van der Waals surface area (Å²) in [4.78, 5) is 8.29. The number of nitrogens with two attached hydrogens (primary N) is 1. The second kappa shape index (κ2) is 4.24. The van der Waals surface area contributed by atoms with E-state index in [2.05, 4.69) is 9.97 Å². The molecule has 2 N–H and O–H groups in total. The highest BCUT2D eigenvalue weighted by molar-refractivity contribution is 7.99. The van der Waals surface area contributed by atoms with Crippen LogP contribution in [0.5, 0.6) is 0 Å². The maximum atomic E-state index is 8.80. The molecule has 0 aliphatic carbocycles. The quantitative estimate of drug-likeness (QED) is 0.845. The van der Waals surface area contributed by atoms with Crippen molar-refractivity contribution in [1.29, 1.82) is 5.26 Å². The molecule has 0 unspecified atom stereocenters. The molecule has 2 aromatic rings. The van der Waals surface area contributed by atoms with E-state index in [9.17, 15) is 0 Å². The molecule has 0 aliphatic rings. The minimum Gasteiger partial charge on any atom is -0.396 e. The largest absolute Gasteiger partial charge is 0.396 e. The predicted octanol–water partition coefficient (Wildman–Crippen LogP) is 1.42. The van der Waals surface area contributed by atoms with Crippen molar-refractivity contribution in [2.45, 2.75) is 10.2 Å². The Morgan fingerprint density at radius 1 is 1.50 bits per heavy atom. The fourth-order valence-corrected chi connectivity index (χ4v) is 1.92. The Morgan fingerprint density at radius 3 is 2.94 bits per heavy atom. The molecule has 0 atom stereocenters. The number of rotatable bonds is 2. The second-order valence-electron chi connectivity index (χ2n) is 3.12. The Kier molecular flexibility index (Phi) is 2.79. The van der Waals surface area contributed by atoms with Gasteiger partial charge >= 0.3 is 0 Å². The molecule has 0 aromatic carbocycles. The molecule has 2 heterocycles. The van der Waals surface area contributed by atoms with Crippen LogP contribution in [-0.4, -0.2) is 14.5 Å². The van der Waals surface area contributed by atoms with Gasteiger partial charge < -0.3 is 10.3 Å². The first-order chi connectivity index (χ1) is 7.70. The average Bonchev–Trinajstić information content (AvgIpc) is 2.67. The first-order valence-corrected chi connectivity index (χ1v) is 5.34. The number of hydrogen-bond donors (Lipinski definition) is 1. The number of hydrogen-bond acceptors (Lipinski definition) is 5. The molecule has 0 fully saturated rings. The van der Waals surface area contributed by atoms with Gasteiger partial charge in [0.2, 0.25) is 0 Å². The molecule has 5 nitrogen and oxygen atoms in total. The fraction of sp³-hybridized carbons (Fsp3) is 0.100. The van der Waals surface area contributed by atoms with Gasteiger partial charge in [-0.05, 0) is 23.9 Å². The molecule has 2 rings (SSSR count). The minimum atomic E-state index is 0.249. The van der Waals surface area contributed by atoms with E-state index >= 15 is 0 Å². The summed E-state index contributed by atoms with van der Waals surface area (Å²) in [5.41, 5.74) is 6.23. The van der Waals surface area contributed by atoms with Gasteiger partial charge in [0.1, 0.15) is 11.1 Å². The van der Waals surface area contributed by atoms with Gasteiger partial charge in [-0.3, -0.25) is 0 Å². The zero-order valence-corrected chi connectivity index (χ0v) is 9.40. The Bertz CT molecular complexity index is 555. The van der Waals surface area contributed by atoms with Crippen LogP contribution >= 0.6 is 11.8 Å². The topological polar surface area (TPSA) is 80.5 Å². The molecule has 0 amide bonds. The monoisotopic (exact) mass is 231 g/mol. The summed E-state index contributed by atoms with van der Waals surface area (Å²) in [6.45, 7) is 0. The molecule has 0 radical (unpaired) electrons. The van der Waals surface area contributed by atoms with E-state index in [1.165, 1.54) is 11.8 Å². The van der Waals surface area contributed by atoms with Crippen LogP contribution in [0.1, 0.15) is 5.69 Å². The number of nitrogen functional groups attached to an aromatic ring is 1. The average molecular weight is 231 g/mol. The van der Waals surface area contributed by atoms with Gasteiger partial charge in [0.15, 0.2) is 10.9 Å². The Morgan fingerprint density at radius 2 is 2.31 bits per heavy atom. The first kappa shape index (κ1) is 10.5. The molecule has 0 saturated carbocycles. The van der Waals surface area contributed by atoms with E-state index < -0.39 is 0 Å². The summed E-state index contributed by atoms with van der Waals surface area (Å²) in [6, 6.07) is 5.40. The molecule has 0 saturated heterocycles. The van der Waals surface area contributed by atoms with Gasteiger partial charge in [0.05, 0.1) is 5.69 Å². The summed E-state index contributed by atoms with van der Waals surface area (Å²) in [7, 11) is 1.90. The van der Waals surface area contributed by atoms with Crippen molar-refractivity contribution in [3.63, 3.8) is 0 Å². The van der Waals surface area contributed by atoms with Gasteiger partial charge in [-0.1, -0.05) is 0 Å². The third-order valence-corrected chi connectivity index (χ3v) is 2.99. The van der Waals surface area contributed by atoms with Gasteiger partial charge in [-0.25, -0.2) is 9.97 Å². The Balaban J connectivity index is 2.30. The van der Waals surface area contributed by atoms with Crippen LogP contribution in [0.4, 0.5) is 5.69 Å². The predicted molar refractivity (Wildman–Crippen MR) is 60.7 cm³/mol. The van der Waals surface area contributed by atoms with Crippen molar-refractivity contribution in [2.75, 3.05) is 5.73 Å². The molecule has 2 aromatic heterocycles. The van der Waals surface area contributed by atoms with Crippen molar-refractivity contribution < 1.29 is 0 Å². The van der Waals surface area contributed by atoms with Crippen molar-refractivity contribution in [3.8, 4) is 6.07 Å². The second-order valence-corrected chi connectivity index (χ2v) is 4.11. The van der Waals surface area contributed by atoms with Crippen LogP contribution in [0.2, 0.25) is 0 Å². The molecular weight excluding hydrogens is 222 g/mol. The van der Waals surface area contributed by atoms with Gasteiger partial charge in [-0.15, -0.1) is 0 Å². The molecule has 16 heavy (non-hydrogen) atoms. The van der Waals surface area contributed by atoms with Crippen LogP contribution in [0, 0.1) is 11.3 Å². The van der Waals surface area contributed by atoms with Gasteiger partial charge in [0.25, 0.3) is 0 Å². The van der Waals surface area contributed by atoms with Crippen LogP contribution in [0.25, 0.3) is 0 Å². The lowest BCUT2D eigenvalue weighted by molar-refractivity contribution is 0.788. The number of imidazole rings is 1. The van der Waals surface area contributed by atoms with E-state index in [4.69, 9.17) is 11.0 Å². The zero-order chi connectivity index (χ0) is 11.5. The summed E-state index contributed by atoms with van der Waals surface area (Å²) in [5.74, 6) is 0. The molecular formula is C10H9N5S. The van der Waals surface area contributed by atoms with Gasteiger partial charge in [-0.2, -0.15) is 5.26 Å². The lowest BCUT2D eigenvalue weighted by Crippen LogP contribution is -1.95. The zero-order valence-electron chi connectivity index (χ0n) is 8.58. The van der Waals surface area contributed by atoms with Crippen LogP contribution in [-0.2, 0) is 7.05 Å². The van der Waals surface area contributed by atoms with Crippen LogP contribution < -0.4 is 5.73 Å². The maximum Gasteiger partial charge on any atom is 0.174 e. The van der Waals surface area contributed by atoms with E-state index in [-0.39, 0.29) is 5.69 Å². The normalized spacial score (nSPS) is 10.0. The van der Waals surface area contributed by atoms with Crippen molar-refractivity contribution in [3.05, 3.63) is 30.2 Å². The third kappa shape index (κ3) is 1.99. The minimum absolute atomic E-state index is 0.249. The molecule has 0 aliphatic heterocycles. The molecule has 0 spiro atoms. The van der Waals surface area contributed by atoms with Crippen LogP contribution in [0.3, 0.4) is 0 Å². The number of nitriles is 1.